The van der Waals surface area contributed by atoms with E-state index >= 15 is 0 Å². The third kappa shape index (κ3) is 4.05. The molecule has 1 unspecified atom stereocenters. The summed E-state index contributed by atoms with van der Waals surface area (Å²) < 4.78 is 15.8. The van der Waals surface area contributed by atoms with Gasteiger partial charge in [0.1, 0.15) is 10.5 Å². The third-order valence-electron chi connectivity index (χ3n) is 6.55. The molecule has 1 aliphatic heterocycles. The monoisotopic (exact) mass is 492 g/mol. The van der Waals surface area contributed by atoms with Crippen molar-refractivity contribution in [3.8, 4) is 0 Å². The Morgan fingerprint density at radius 2 is 1.97 bits per heavy atom. The summed E-state index contributed by atoms with van der Waals surface area (Å²) in [6, 6.07) is 11.6. The van der Waals surface area contributed by atoms with Crippen LogP contribution in [0.25, 0.3) is 10.2 Å². The highest BCUT2D eigenvalue weighted by atomic mass is 32.1. The van der Waals surface area contributed by atoms with Crippen molar-refractivity contribution >= 4 is 39.2 Å². The van der Waals surface area contributed by atoms with Gasteiger partial charge in [0.05, 0.1) is 17.1 Å². The van der Waals surface area contributed by atoms with Gasteiger partial charge >= 0.3 is 5.97 Å². The molecule has 7 nitrogen and oxygen atoms in total. The van der Waals surface area contributed by atoms with Crippen LogP contribution in [0.5, 0.6) is 0 Å². The lowest BCUT2D eigenvalue weighted by Crippen LogP contribution is -2.35. The van der Waals surface area contributed by atoms with Gasteiger partial charge in [-0.2, -0.15) is 0 Å². The first-order valence-corrected chi connectivity index (χ1v) is 12.2. The number of carboxylic acid groups (broad SMARTS) is 1. The molecule has 4 aromatic rings. The number of rotatable bonds is 5. The molecule has 2 N–H and O–H groups in total. The second-order valence-corrected chi connectivity index (χ2v) is 10.1. The van der Waals surface area contributed by atoms with Crippen LogP contribution in [0.3, 0.4) is 0 Å². The van der Waals surface area contributed by atoms with E-state index in [1.165, 1.54) is 34.6 Å². The van der Waals surface area contributed by atoms with Crippen LogP contribution in [0, 0.1) is 12.7 Å². The van der Waals surface area contributed by atoms with E-state index in [0.29, 0.717) is 28.4 Å². The van der Waals surface area contributed by atoms with Gasteiger partial charge in [-0.15, -0.1) is 11.3 Å². The molecule has 2 aromatic carbocycles. The normalized spacial score (nSPS) is 14.1. The fraction of sp³-hybridized carbons (Fsp3) is 0.269. The highest BCUT2D eigenvalue weighted by Crippen LogP contribution is 2.35. The van der Waals surface area contributed by atoms with Crippen LogP contribution in [-0.4, -0.2) is 27.2 Å². The lowest BCUT2D eigenvalue weighted by molar-refractivity contribution is 0.0697. The number of hydrogen-bond acceptors (Lipinski definition) is 6. The minimum absolute atomic E-state index is 0.108. The van der Waals surface area contributed by atoms with Gasteiger partial charge in [0, 0.05) is 36.3 Å². The molecule has 5 rings (SSSR count). The zero-order chi connectivity index (χ0) is 24.9. The predicted octanol–water partition coefficient (Wildman–Crippen LogP) is 4.88. The molecule has 0 saturated heterocycles. The highest BCUT2D eigenvalue weighted by Gasteiger charge is 2.25. The van der Waals surface area contributed by atoms with Crippen molar-refractivity contribution in [2.24, 2.45) is 7.05 Å². The van der Waals surface area contributed by atoms with E-state index in [2.05, 4.69) is 22.3 Å². The molecule has 9 heteroatoms. The summed E-state index contributed by atoms with van der Waals surface area (Å²) in [5.41, 5.74) is 4.04. The number of anilines is 2. The molecule has 0 spiro atoms. The van der Waals surface area contributed by atoms with Gasteiger partial charge in [0.15, 0.2) is 0 Å². The first-order valence-electron chi connectivity index (χ1n) is 11.4. The molecule has 180 valence electrons. The quantitative estimate of drug-likeness (QED) is 0.413. The molecule has 3 heterocycles. The molecule has 0 fully saturated rings. The summed E-state index contributed by atoms with van der Waals surface area (Å²) in [7, 11) is 1.75. The summed E-state index contributed by atoms with van der Waals surface area (Å²) in [4.78, 5) is 33.0. The van der Waals surface area contributed by atoms with E-state index in [-0.39, 0.29) is 17.2 Å². The minimum atomic E-state index is -1.22. The fourth-order valence-corrected chi connectivity index (χ4v) is 5.97. The Balaban J connectivity index is 1.56. The van der Waals surface area contributed by atoms with Gasteiger partial charge in [-0.25, -0.2) is 14.2 Å². The molecule has 0 aliphatic carbocycles. The molecular formula is C26H25FN4O3S. The molecule has 0 radical (unpaired) electrons. The SMILES string of the molecule is Cc1sc2c(=O)n(C)c(N3CCc4ccccc4C3)nc2c1C(C)Nc1ccc(F)cc1C(=O)O. The number of hydrogen-bond donors (Lipinski definition) is 2. The molecular weight excluding hydrogens is 467 g/mol. The molecule has 1 aliphatic rings. The Labute approximate surface area is 205 Å². The third-order valence-corrected chi connectivity index (χ3v) is 7.64. The molecule has 0 amide bonds. The van der Waals surface area contributed by atoms with Crippen molar-refractivity contribution in [1.29, 1.82) is 0 Å². The van der Waals surface area contributed by atoms with Crippen LogP contribution in [0.4, 0.5) is 16.0 Å². The first kappa shape index (κ1) is 23.0. The molecule has 0 bridgehead atoms. The number of thiophene rings is 1. The standard InChI is InChI=1S/C26H25FN4O3S/c1-14(28-20-9-8-18(27)12-19(20)25(33)34)21-15(2)35-23-22(21)29-26(30(3)24(23)32)31-11-10-16-6-4-5-7-17(16)13-31/h4-9,12,14,28H,10-11,13H2,1-3H3,(H,33,34). The largest absolute Gasteiger partial charge is 0.478 e. The van der Waals surface area contributed by atoms with Crippen molar-refractivity contribution in [3.05, 3.63) is 85.8 Å². The lowest BCUT2D eigenvalue weighted by atomic mass is 10.0. The summed E-state index contributed by atoms with van der Waals surface area (Å²) in [5.74, 6) is -1.22. The number of halogens is 1. The van der Waals surface area contributed by atoms with Crippen LogP contribution < -0.4 is 15.8 Å². The number of fused-ring (bicyclic) bond motifs is 2. The van der Waals surface area contributed by atoms with Crippen LogP contribution in [-0.2, 0) is 20.0 Å². The summed E-state index contributed by atoms with van der Waals surface area (Å²) in [5, 5.41) is 12.7. The van der Waals surface area contributed by atoms with Crippen molar-refractivity contribution in [3.63, 3.8) is 0 Å². The summed E-state index contributed by atoms with van der Waals surface area (Å²) in [6.45, 7) is 5.25. The number of carbonyl (C=O) groups is 1. The fourth-order valence-electron chi connectivity index (χ4n) is 4.80. The van der Waals surface area contributed by atoms with Gasteiger partial charge in [-0.05, 0) is 49.6 Å². The van der Waals surface area contributed by atoms with E-state index in [4.69, 9.17) is 4.98 Å². The highest BCUT2D eigenvalue weighted by molar-refractivity contribution is 7.19. The number of aromatic nitrogens is 2. The second kappa shape index (κ2) is 8.81. The average molecular weight is 493 g/mol. The first-order chi connectivity index (χ1) is 16.7. The van der Waals surface area contributed by atoms with Crippen LogP contribution >= 0.6 is 11.3 Å². The van der Waals surface area contributed by atoms with Gasteiger partial charge in [0.2, 0.25) is 5.95 Å². The maximum Gasteiger partial charge on any atom is 0.337 e. The van der Waals surface area contributed by atoms with Crippen LogP contribution in [0.2, 0.25) is 0 Å². The van der Waals surface area contributed by atoms with Crippen molar-refractivity contribution < 1.29 is 14.3 Å². The average Bonchev–Trinajstić information content (AvgIpc) is 3.18. The number of nitrogens with zero attached hydrogens (tertiary/aromatic N) is 3. The van der Waals surface area contributed by atoms with Crippen molar-refractivity contribution in [1.82, 2.24) is 9.55 Å². The second-order valence-electron chi connectivity index (χ2n) is 8.83. The van der Waals surface area contributed by atoms with E-state index in [9.17, 15) is 19.1 Å². The van der Waals surface area contributed by atoms with E-state index in [1.807, 2.05) is 26.0 Å². The smallest absolute Gasteiger partial charge is 0.337 e. The molecule has 1 atom stereocenters. The Kier molecular flexibility index (Phi) is 5.80. The zero-order valence-electron chi connectivity index (χ0n) is 19.6. The Morgan fingerprint density at radius 1 is 1.23 bits per heavy atom. The zero-order valence-corrected chi connectivity index (χ0v) is 20.4. The van der Waals surface area contributed by atoms with E-state index < -0.39 is 11.8 Å². The molecule has 2 aromatic heterocycles. The van der Waals surface area contributed by atoms with Crippen LogP contribution in [0.1, 0.15) is 44.9 Å². The molecule has 35 heavy (non-hydrogen) atoms. The summed E-state index contributed by atoms with van der Waals surface area (Å²) >= 11 is 1.38. The lowest BCUT2D eigenvalue weighted by Gasteiger charge is -2.30. The Bertz CT molecular complexity index is 1530. The number of benzene rings is 2. The van der Waals surface area contributed by atoms with Gasteiger partial charge in [-0.1, -0.05) is 24.3 Å². The van der Waals surface area contributed by atoms with E-state index in [1.54, 1.807) is 11.6 Å². The van der Waals surface area contributed by atoms with Gasteiger partial charge in [0.25, 0.3) is 5.56 Å². The van der Waals surface area contributed by atoms with Crippen molar-refractivity contribution in [2.75, 3.05) is 16.8 Å². The number of aromatic carboxylic acids is 1. The Morgan fingerprint density at radius 3 is 2.71 bits per heavy atom. The van der Waals surface area contributed by atoms with Crippen LogP contribution in [0.15, 0.2) is 47.3 Å². The number of nitrogens with one attached hydrogen (secondary N) is 1. The topological polar surface area (TPSA) is 87.5 Å². The predicted molar refractivity (Wildman–Crippen MR) is 136 cm³/mol. The maximum absolute atomic E-state index is 13.6. The van der Waals surface area contributed by atoms with E-state index in [0.717, 1.165) is 29.5 Å². The maximum atomic E-state index is 13.6. The van der Waals surface area contributed by atoms with Crippen molar-refractivity contribution in [2.45, 2.75) is 32.9 Å². The molecule has 0 saturated carbocycles. The van der Waals surface area contributed by atoms with Gasteiger partial charge in [-0.3, -0.25) is 9.36 Å². The minimum Gasteiger partial charge on any atom is -0.478 e. The Hall–Kier alpha value is -3.72. The van der Waals surface area contributed by atoms with Gasteiger partial charge < -0.3 is 15.3 Å². The summed E-state index contributed by atoms with van der Waals surface area (Å²) in [6.07, 6.45) is 0.875. The number of carboxylic acids is 1. The number of aryl methyl sites for hydroxylation is 1.